The van der Waals surface area contributed by atoms with Gasteiger partial charge < -0.3 is 30.8 Å². The van der Waals surface area contributed by atoms with Gasteiger partial charge in [-0.05, 0) is 49.4 Å². The third-order valence-electron chi connectivity index (χ3n) is 8.57. The van der Waals surface area contributed by atoms with E-state index in [1.807, 2.05) is 6.07 Å². The van der Waals surface area contributed by atoms with Crippen molar-refractivity contribution in [1.29, 1.82) is 0 Å². The zero-order chi connectivity index (χ0) is 25.6. The monoisotopic (exact) mass is 502 g/mol. The lowest BCUT2D eigenvalue weighted by Gasteiger charge is -2.41. The predicted molar refractivity (Wildman–Crippen MR) is 144 cm³/mol. The largest absolute Gasteiger partial charge is 0.396 e. The number of carbonyl (C=O) groups is 1. The number of nitrogens with one attached hydrogen (secondary N) is 2. The number of nitrogens with two attached hydrogens (primary N) is 1. The normalized spacial score (nSPS) is 18.6. The molecule has 2 aliphatic rings. The highest BCUT2D eigenvalue weighted by molar-refractivity contribution is 6.13. The summed E-state index contributed by atoms with van der Waals surface area (Å²) >= 11 is 0. The summed E-state index contributed by atoms with van der Waals surface area (Å²) in [4.78, 5) is 31.0. The van der Waals surface area contributed by atoms with E-state index in [4.69, 9.17) is 10.7 Å². The van der Waals surface area contributed by atoms with E-state index < -0.39 is 11.3 Å². The zero-order valence-electron chi connectivity index (χ0n) is 21.0. The van der Waals surface area contributed by atoms with Crippen LogP contribution in [0.3, 0.4) is 0 Å². The molecular weight excluding hydrogens is 468 g/mol. The van der Waals surface area contributed by atoms with E-state index in [0.29, 0.717) is 48.4 Å². The summed E-state index contributed by atoms with van der Waals surface area (Å²) in [6.07, 6.45) is 9.03. The average Bonchev–Trinajstić information content (AvgIpc) is 3.60. The van der Waals surface area contributed by atoms with Crippen molar-refractivity contribution in [2.24, 2.45) is 11.1 Å². The third kappa shape index (κ3) is 4.16. The number of aliphatic hydroxyl groups excluding tert-OH is 2. The molecule has 194 valence electrons. The Labute approximate surface area is 215 Å². The van der Waals surface area contributed by atoms with Gasteiger partial charge in [-0.25, -0.2) is 9.97 Å². The Morgan fingerprint density at radius 3 is 2.57 bits per heavy atom. The quantitative estimate of drug-likeness (QED) is 0.271. The zero-order valence-corrected chi connectivity index (χ0v) is 21.0. The first kappa shape index (κ1) is 23.9. The van der Waals surface area contributed by atoms with Crippen molar-refractivity contribution in [1.82, 2.24) is 19.9 Å². The van der Waals surface area contributed by atoms with E-state index >= 15 is 0 Å². The van der Waals surface area contributed by atoms with Crippen LogP contribution in [-0.4, -0.2) is 62.4 Å². The van der Waals surface area contributed by atoms with E-state index in [2.05, 4.69) is 38.1 Å². The lowest BCUT2D eigenvalue weighted by molar-refractivity contribution is 0.0340. The minimum atomic E-state index is -0.517. The molecule has 1 saturated heterocycles. The van der Waals surface area contributed by atoms with E-state index in [1.54, 1.807) is 6.33 Å². The van der Waals surface area contributed by atoms with Gasteiger partial charge in [0.2, 0.25) is 0 Å². The van der Waals surface area contributed by atoms with Gasteiger partial charge in [0.05, 0.1) is 52.9 Å². The van der Waals surface area contributed by atoms with Crippen LogP contribution in [0.25, 0.3) is 33.2 Å². The summed E-state index contributed by atoms with van der Waals surface area (Å²) < 4.78 is 0. The fourth-order valence-electron chi connectivity index (χ4n) is 6.16. The van der Waals surface area contributed by atoms with Crippen LogP contribution in [0, 0.1) is 5.41 Å². The highest BCUT2D eigenvalue weighted by Gasteiger charge is 2.35. The molecule has 1 saturated carbocycles. The smallest absolute Gasteiger partial charge is 0.253 e. The van der Waals surface area contributed by atoms with Crippen LogP contribution in [-0.2, 0) is 0 Å². The predicted octanol–water partition coefficient (Wildman–Crippen LogP) is 3.82. The molecule has 0 radical (unpaired) electrons. The molecule has 0 atom stereocenters. The molecule has 9 heteroatoms. The number of hydrogen-bond acceptors (Lipinski definition) is 6. The van der Waals surface area contributed by atoms with Crippen molar-refractivity contribution in [3.63, 3.8) is 0 Å². The number of aromatic nitrogens is 4. The fourth-order valence-corrected chi connectivity index (χ4v) is 6.16. The third-order valence-corrected chi connectivity index (χ3v) is 8.57. The second kappa shape index (κ2) is 9.46. The van der Waals surface area contributed by atoms with E-state index in [0.717, 1.165) is 33.7 Å². The van der Waals surface area contributed by atoms with Crippen LogP contribution < -0.4 is 10.6 Å². The molecule has 0 spiro atoms. The molecule has 2 aromatic carbocycles. The van der Waals surface area contributed by atoms with E-state index in [9.17, 15) is 15.0 Å². The minimum Gasteiger partial charge on any atom is -0.396 e. The van der Waals surface area contributed by atoms with Gasteiger partial charge in [0.15, 0.2) is 0 Å². The number of aliphatic hydroxyl groups is 2. The Balaban J connectivity index is 1.43. The molecule has 2 fully saturated rings. The Bertz CT molecular complexity index is 1440. The fraction of sp³-hybridized carbons (Fsp3) is 0.464. The maximum Gasteiger partial charge on any atom is 0.253 e. The number of nitrogens with zero attached hydrogens (tertiary/aromatic N) is 3. The average molecular weight is 503 g/mol. The van der Waals surface area contributed by atoms with Crippen molar-refractivity contribution in [2.75, 3.05) is 31.2 Å². The summed E-state index contributed by atoms with van der Waals surface area (Å²) in [6.45, 7) is 1.09. The number of imidazole rings is 2. The SMILES string of the molecule is NC(=O)c1c(N2CCC(CO)(CO)CC2)cc(-c2ccc3[nH]c(C4CCCCC4)nc3c2)c2nc[nH]c12. The van der Waals surface area contributed by atoms with Crippen molar-refractivity contribution in [3.8, 4) is 11.1 Å². The summed E-state index contributed by atoms with van der Waals surface area (Å²) in [7, 11) is 0. The summed E-state index contributed by atoms with van der Waals surface area (Å²) in [5.74, 6) is 1.05. The topological polar surface area (TPSA) is 144 Å². The van der Waals surface area contributed by atoms with Crippen molar-refractivity contribution in [3.05, 3.63) is 42.0 Å². The van der Waals surface area contributed by atoms with Crippen molar-refractivity contribution >= 4 is 33.7 Å². The minimum absolute atomic E-state index is 0.0582. The number of amides is 1. The van der Waals surface area contributed by atoms with Gasteiger partial charge in [0, 0.05) is 30.0 Å². The molecule has 1 amide bonds. The van der Waals surface area contributed by atoms with Crippen LogP contribution in [0.5, 0.6) is 0 Å². The summed E-state index contributed by atoms with van der Waals surface area (Å²) in [6, 6.07) is 8.24. The Hall–Kier alpha value is -3.43. The van der Waals surface area contributed by atoms with Crippen LogP contribution in [0.2, 0.25) is 0 Å². The number of aromatic amines is 2. The van der Waals surface area contributed by atoms with Crippen LogP contribution >= 0.6 is 0 Å². The molecule has 6 rings (SSSR count). The second-order valence-corrected chi connectivity index (χ2v) is 10.8. The number of fused-ring (bicyclic) bond motifs is 2. The van der Waals surface area contributed by atoms with Gasteiger partial charge in [0.25, 0.3) is 5.91 Å². The number of hydrogen-bond donors (Lipinski definition) is 5. The van der Waals surface area contributed by atoms with Gasteiger partial charge in [-0.2, -0.15) is 0 Å². The number of primary amides is 1. The number of rotatable bonds is 6. The van der Waals surface area contributed by atoms with Crippen LogP contribution in [0.15, 0.2) is 30.6 Å². The molecule has 1 aliphatic carbocycles. The molecule has 4 aromatic rings. The molecule has 37 heavy (non-hydrogen) atoms. The maximum absolute atomic E-state index is 12.6. The van der Waals surface area contributed by atoms with Crippen molar-refractivity contribution in [2.45, 2.75) is 50.9 Å². The first-order chi connectivity index (χ1) is 18.0. The van der Waals surface area contributed by atoms with Gasteiger partial charge in [-0.3, -0.25) is 4.79 Å². The van der Waals surface area contributed by atoms with E-state index in [-0.39, 0.29) is 13.2 Å². The first-order valence-corrected chi connectivity index (χ1v) is 13.3. The lowest BCUT2D eigenvalue weighted by Crippen LogP contribution is -2.44. The molecule has 1 aliphatic heterocycles. The van der Waals surface area contributed by atoms with Gasteiger partial charge in [-0.1, -0.05) is 25.3 Å². The number of anilines is 1. The Kier molecular flexibility index (Phi) is 6.12. The molecule has 9 nitrogen and oxygen atoms in total. The lowest BCUT2D eigenvalue weighted by atomic mass is 9.79. The summed E-state index contributed by atoms with van der Waals surface area (Å²) in [5.41, 5.74) is 11.7. The highest BCUT2D eigenvalue weighted by atomic mass is 16.3. The first-order valence-electron chi connectivity index (χ1n) is 13.3. The number of piperidine rings is 1. The molecule has 6 N–H and O–H groups in total. The Morgan fingerprint density at radius 2 is 1.86 bits per heavy atom. The molecular formula is C28H34N6O3. The van der Waals surface area contributed by atoms with Crippen LogP contribution in [0.1, 0.15) is 67.0 Å². The van der Waals surface area contributed by atoms with Crippen molar-refractivity contribution < 1.29 is 15.0 Å². The molecule has 2 aromatic heterocycles. The molecule has 0 bridgehead atoms. The van der Waals surface area contributed by atoms with Gasteiger partial charge >= 0.3 is 0 Å². The Morgan fingerprint density at radius 1 is 1.11 bits per heavy atom. The van der Waals surface area contributed by atoms with Crippen LogP contribution in [0.4, 0.5) is 5.69 Å². The van der Waals surface area contributed by atoms with Gasteiger partial charge in [0.1, 0.15) is 5.82 Å². The second-order valence-electron chi connectivity index (χ2n) is 10.8. The molecule has 3 heterocycles. The number of benzene rings is 2. The maximum atomic E-state index is 12.6. The number of carbonyl (C=O) groups excluding carboxylic acids is 1. The van der Waals surface area contributed by atoms with E-state index in [1.165, 1.54) is 32.1 Å². The van der Waals surface area contributed by atoms with Gasteiger partial charge in [-0.15, -0.1) is 0 Å². The molecule has 0 unspecified atom stereocenters. The highest BCUT2D eigenvalue weighted by Crippen LogP contribution is 2.40. The number of H-pyrrole nitrogens is 2. The summed E-state index contributed by atoms with van der Waals surface area (Å²) in [5, 5.41) is 19.7. The standard InChI is InChI=1S/C28H34N6O3/c29-26(37)23-22(34-10-8-28(14-35,15-36)9-11-34)13-19(24-25(23)31-16-30-24)18-6-7-20-21(12-18)33-27(32-20)17-4-2-1-3-5-17/h6-7,12-13,16-17,35-36H,1-5,8-11,14-15H2,(H2,29,37)(H,30,31)(H,32,33).